The molecule has 8 heteroatoms. The van der Waals surface area contributed by atoms with Crippen molar-refractivity contribution in [3.63, 3.8) is 0 Å². The lowest BCUT2D eigenvalue weighted by Crippen LogP contribution is -2.18. The van der Waals surface area contributed by atoms with E-state index < -0.39 is 0 Å². The van der Waals surface area contributed by atoms with Gasteiger partial charge in [0, 0.05) is 35.0 Å². The van der Waals surface area contributed by atoms with E-state index in [-0.39, 0.29) is 17.8 Å². The summed E-state index contributed by atoms with van der Waals surface area (Å²) >= 11 is 1.40. The van der Waals surface area contributed by atoms with Crippen LogP contribution in [0.3, 0.4) is 0 Å². The van der Waals surface area contributed by atoms with Crippen LogP contribution in [0, 0.1) is 6.92 Å². The first-order valence-electron chi connectivity index (χ1n) is 10.8. The van der Waals surface area contributed by atoms with Crippen molar-refractivity contribution in [3.05, 3.63) is 60.3 Å². The Hall–Kier alpha value is -3.10. The zero-order valence-corrected chi connectivity index (χ0v) is 18.7. The number of amides is 1. The Kier molecular flexibility index (Phi) is 5.96. The number of anilines is 1. The van der Waals surface area contributed by atoms with Crippen molar-refractivity contribution in [3.8, 4) is 11.4 Å². The van der Waals surface area contributed by atoms with Crippen LogP contribution in [-0.4, -0.2) is 44.1 Å². The van der Waals surface area contributed by atoms with Crippen LogP contribution in [0.1, 0.15) is 18.4 Å². The second-order valence-electron chi connectivity index (χ2n) is 8.01. The third kappa shape index (κ3) is 4.42. The molecule has 164 valence electrons. The van der Waals surface area contributed by atoms with E-state index >= 15 is 0 Å². The van der Waals surface area contributed by atoms with E-state index in [4.69, 9.17) is 4.74 Å². The smallest absolute Gasteiger partial charge is 0.234 e. The molecule has 1 saturated heterocycles. The van der Waals surface area contributed by atoms with Crippen LogP contribution < -0.4 is 5.32 Å². The number of benzene rings is 2. The molecule has 1 fully saturated rings. The molecule has 7 nitrogen and oxygen atoms in total. The molecule has 0 saturated carbocycles. The number of para-hydroxylation sites is 1. The van der Waals surface area contributed by atoms with Crippen molar-refractivity contribution < 1.29 is 9.53 Å². The van der Waals surface area contributed by atoms with E-state index in [9.17, 15) is 4.79 Å². The predicted octanol–water partition coefficient (Wildman–Crippen LogP) is 4.64. The summed E-state index contributed by atoms with van der Waals surface area (Å²) in [5.41, 5.74) is 3.97. The first kappa shape index (κ1) is 20.8. The lowest BCUT2D eigenvalue weighted by molar-refractivity contribution is -0.113. The number of aromatic amines is 1. The van der Waals surface area contributed by atoms with E-state index in [1.807, 2.05) is 55.6 Å². The Balaban J connectivity index is 1.38. The molecule has 0 spiro atoms. The summed E-state index contributed by atoms with van der Waals surface area (Å²) in [4.78, 5) is 15.9. The fraction of sp³-hybridized carbons (Fsp3) is 0.292. The average Bonchev–Trinajstić information content (AvgIpc) is 3.53. The summed E-state index contributed by atoms with van der Waals surface area (Å²) in [5, 5.41) is 13.7. The number of thioether (sulfide) groups is 1. The minimum absolute atomic E-state index is 0.0686. The molecule has 0 radical (unpaired) electrons. The van der Waals surface area contributed by atoms with Crippen LogP contribution >= 0.6 is 11.8 Å². The maximum absolute atomic E-state index is 12.5. The first-order chi connectivity index (χ1) is 15.7. The zero-order chi connectivity index (χ0) is 21.9. The molecule has 1 aliphatic heterocycles. The second-order valence-corrected chi connectivity index (χ2v) is 8.95. The van der Waals surface area contributed by atoms with Gasteiger partial charge < -0.3 is 15.0 Å². The number of nitrogens with zero attached hydrogens (tertiary/aromatic N) is 3. The molecular formula is C24H25N5O2S. The Morgan fingerprint density at radius 1 is 1.25 bits per heavy atom. The number of carbonyl (C=O) groups excluding carboxylic acids is 1. The summed E-state index contributed by atoms with van der Waals surface area (Å²) in [7, 11) is 0. The van der Waals surface area contributed by atoms with Crippen LogP contribution in [0.2, 0.25) is 0 Å². The van der Waals surface area contributed by atoms with Gasteiger partial charge in [-0.2, -0.15) is 0 Å². The van der Waals surface area contributed by atoms with E-state index in [0.717, 1.165) is 58.1 Å². The Labute approximate surface area is 190 Å². The van der Waals surface area contributed by atoms with E-state index in [0.29, 0.717) is 6.54 Å². The topological polar surface area (TPSA) is 84.8 Å². The third-order valence-corrected chi connectivity index (χ3v) is 6.56. The summed E-state index contributed by atoms with van der Waals surface area (Å²) < 4.78 is 7.98. The van der Waals surface area contributed by atoms with E-state index in [2.05, 4.69) is 31.1 Å². The monoisotopic (exact) mass is 447 g/mol. The van der Waals surface area contributed by atoms with E-state index in [1.54, 1.807) is 0 Å². The van der Waals surface area contributed by atoms with Gasteiger partial charge in [0.1, 0.15) is 0 Å². The molecule has 1 unspecified atom stereocenters. The fourth-order valence-electron chi connectivity index (χ4n) is 4.06. The third-order valence-electron chi connectivity index (χ3n) is 5.59. The van der Waals surface area contributed by atoms with Gasteiger partial charge in [-0.3, -0.25) is 9.36 Å². The lowest BCUT2D eigenvalue weighted by atomic mass is 10.1. The highest BCUT2D eigenvalue weighted by atomic mass is 32.2. The van der Waals surface area contributed by atoms with Gasteiger partial charge in [0.15, 0.2) is 11.0 Å². The average molecular weight is 448 g/mol. The molecule has 2 N–H and O–H groups in total. The number of aryl methyl sites for hydroxylation is 1. The minimum atomic E-state index is -0.0686. The van der Waals surface area contributed by atoms with Gasteiger partial charge in [-0.05, 0) is 43.5 Å². The summed E-state index contributed by atoms with van der Waals surface area (Å²) in [6, 6.07) is 15.9. The molecule has 4 aromatic rings. The van der Waals surface area contributed by atoms with E-state index in [1.165, 1.54) is 11.8 Å². The molecule has 3 heterocycles. The molecule has 1 atom stereocenters. The number of fused-ring (bicyclic) bond motifs is 1. The fourth-order valence-corrected chi connectivity index (χ4v) is 4.81. The SMILES string of the molecule is Cc1cccc(NC(=O)CSc2nnc(-c3c[nH]c4ccccc34)n2CC2CCCO2)c1. The Bertz CT molecular complexity index is 1240. The van der Waals surface area contributed by atoms with Gasteiger partial charge in [-0.15, -0.1) is 10.2 Å². The maximum Gasteiger partial charge on any atom is 0.234 e. The van der Waals surface area contributed by atoms with Crippen LogP contribution in [0.15, 0.2) is 59.9 Å². The highest BCUT2D eigenvalue weighted by Crippen LogP contribution is 2.31. The van der Waals surface area contributed by atoms with Crippen molar-refractivity contribution in [2.75, 3.05) is 17.7 Å². The minimum Gasteiger partial charge on any atom is -0.376 e. The van der Waals surface area contributed by atoms with Crippen LogP contribution in [0.25, 0.3) is 22.3 Å². The molecule has 2 aromatic carbocycles. The zero-order valence-electron chi connectivity index (χ0n) is 17.9. The summed E-state index contributed by atoms with van der Waals surface area (Å²) in [6.45, 7) is 3.46. The van der Waals surface area contributed by atoms with Crippen molar-refractivity contribution in [2.45, 2.75) is 37.6 Å². The first-order valence-corrected chi connectivity index (χ1v) is 11.8. The molecule has 32 heavy (non-hydrogen) atoms. The quantitative estimate of drug-likeness (QED) is 0.403. The molecular weight excluding hydrogens is 422 g/mol. The molecule has 0 bridgehead atoms. The summed E-state index contributed by atoms with van der Waals surface area (Å²) in [5.74, 6) is 0.978. The van der Waals surface area contributed by atoms with Crippen molar-refractivity contribution in [1.82, 2.24) is 19.7 Å². The van der Waals surface area contributed by atoms with Crippen LogP contribution in [0.4, 0.5) is 5.69 Å². The van der Waals surface area contributed by atoms with Gasteiger partial charge >= 0.3 is 0 Å². The maximum atomic E-state index is 12.5. The highest BCUT2D eigenvalue weighted by molar-refractivity contribution is 7.99. The molecule has 0 aliphatic carbocycles. The van der Waals surface area contributed by atoms with Gasteiger partial charge in [0.05, 0.1) is 18.4 Å². The number of carbonyl (C=O) groups is 1. The number of ether oxygens (including phenoxy) is 1. The number of H-pyrrole nitrogens is 1. The second kappa shape index (κ2) is 9.18. The van der Waals surface area contributed by atoms with Gasteiger partial charge in [0.2, 0.25) is 5.91 Å². The number of rotatable bonds is 7. The van der Waals surface area contributed by atoms with Crippen LogP contribution in [0.5, 0.6) is 0 Å². The Morgan fingerprint density at radius 2 is 2.16 bits per heavy atom. The molecule has 2 aromatic heterocycles. The number of hydrogen-bond donors (Lipinski definition) is 2. The normalized spacial score (nSPS) is 16.0. The largest absolute Gasteiger partial charge is 0.376 e. The molecule has 5 rings (SSSR count). The Morgan fingerprint density at radius 3 is 3.00 bits per heavy atom. The standard InChI is InChI=1S/C24H25N5O2S/c1-16-6-4-7-17(12-16)26-22(30)15-32-24-28-27-23(29(24)14-18-8-5-11-31-18)20-13-25-21-10-3-2-9-19(20)21/h2-4,6-7,9-10,12-13,18,25H,5,8,11,14-15H2,1H3,(H,26,30). The van der Waals surface area contributed by atoms with Crippen molar-refractivity contribution in [2.24, 2.45) is 0 Å². The number of hydrogen-bond acceptors (Lipinski definition) is 5. The number of aromatic nitrogens is 4. The van der Waals surface area contributed by atoms with Crippen LogP contribution in [-0.2, 0) is 16.1 Å². The molecule has 1 aliphatic rings. The van der Waals surface area contributed by atoms with Gasteiger partial charge in [0.25, 0.3) is 0 Å². The number of nitrogens with one attached hydrogen (secondary N) is 2. The van der Waals surface area contributed by atoms with Crippen molar-refractivity contribution >= 4 is 34.3 Å². The summed E-state index contributed by atoms with van der Waals surface area (Å²) in [6.07, 6.45) is 4.19. The van der Waals surface area contributed by atoms with Gasteiger partial charge in [-0.1, -0.05) is 42.1 Å². The lowest BCUT2D eigenvalue weighted by Gasteiger charge is -2.14. The van der Waals surface area contributed by atoms with Crippen molar-refractivity contribution in [1.29, 1.82) is 0 Å². The highest BCUT2D eigenvalue weighted by Gasteiger charge is 2.23. The van der Waals surface area contributed by atoms with Gasteiger partial charge in [-0.25, -0.2) is 0 Å². The molecule has 1 amide bonds. The predicted molar refractivity (Wildman–Crippen MR) is 127 cm³/mol.